The Kier molecular flexibility index (Phi) is 3.45. The van der Waals surface area contributed by atoms with Crippen LogP contribution in [0.5, 0.6) is 11.5 Å². The molecule has 0 amide bonds. The lowest BCUT2D eigenvalue weighted by Gasteiger charge is -2.19. The summed E-state index contributed by atoms with van der Waals surface area (Å²) in [4.78, 5) is 24.8. The van der Waals surface area contributed by atoms with Crippen LogP contribution in [0.1, 0.15) is 25.0 Å². The SMILES string of the molecule is CCc1ccc2c(c1)C(C)(C(=O)Oc1ccccc1)C(=O)O2. The van der Waals surface area contributed by atoms with Crippen molar-refractivity contribution in [3.63, 3.8) is 0 Å². The number of ether oxygens (including phenoxy) is 2. The van der Waals surface area contributed by atoms with Crippen molar-refractivity contribution in [1.29, 1.82) is 0 Å². The van der Waals surface area contributed by atoms with Gasteiger partial charge in [0.1, 0.15) is 11.5 Å². The smallest absolute Gasteiger partial charge is 0.333 e. The summed E-state index contributed by atoms with van der Waals surface area (Å²) in [5.41, 5.74) is 0.171. The molecule has 0 saturated carbocycles. The molecule has 0 aromatic heterocycles. The number of carbonyl (C=O) groups is 2. The maximum atomic E-state index is 12.6. The highest BCUT2D eigenvalue weighted by atomic mass is 16.6. The van der Waals surface area contributed by atoms with E-state index in [0.717, 1.165) is 12.0 Å². The van der Waals surface area contributed by atoms with E-state index in [2.05, 4.69) is 0 Å². The lowest BCUT2D eigenvalue weighted by molar-refractivity contribution is -0.151. The fourth-order valence-electron chi connectivity index (χ4n) is 2.48. The van der Waals surface area contributed by atoms with Crippen molar-refractivity contribution in [2.45, 2.75) is 25.7 Å². The van der Waals surface area contributed by atoms with Gasteiger partial charge in [0.25, 0.3) is 0 Å². The molecule has 112 valence electrons. The van der Waals surface area contributed by atoms with E-state index >= 15 is 0 Å². The van der Waals surface area contributed by atoms with Gasteiger partial charge < -0.3 is 9.47 Å². The standard InChI is InChI=1S/C18H16O4/c1-3-12-9-10-15-14(11-12)18(2,17(20)22-15)16(19)21-13-7-5-4-6-8-13/h4-11H,3H2,1-2H3. The lowest BCUT2D eigenvalue weighted by Crippen LogP contribution is -2.42. The Bertz CT molecular complexity index is 736. The zero-order valence-electron chi connectivity index (χ0n) is 12.5. The highest BCUT2D eigenvalue weighted by molar-refractivity contribution is 6.10. The van der Waals surface area contributed by atoms with Crippen LogP contribution in [-0.4, -0.2) is 11.9 Å². The van der Waals surface area contributed by atoms with E-state index in [4.69, 9.17) is 9.47 Å². The zero-order chi connectivity index (χ0) is 15.7. The van der Waals surface area contributed by atoms with Gasteiger partial charge in [-0.3, -0.25) is 9.59 Å². The highest BCUT2D eigenvalue weighted by Crippen LogP contribution is 2.41. The maximum Gasteiger partial charge on any atom is 0.333 e. The topological polar surface area (TPSA) is 52.6 Å². The molecule has 2 aromatic rings. The minimum atomic E-state index is -1.43. The second kappa shape index (κ2) is 5.30. The van der Waals surface area contributed by atoms with Gasteiger partial charge in [-0.15, -0.1) is 0 Å². The van der Waals surface area contributed by atoms with Gasteiger partial charge in [-0.25, -0.2) is 0 Å². The lowest BCUT2D eigenvalue weighted by atomic mass is 9.83. The summed E-state index contributed by atoms with van der Waals surface area (Å²) in [6, 6.07) is 14.2. The van der Waals surface area contributed by atoms with Gasteiger partial charge in [0.05, 0.1) is 0 Å². The van der Waals surface area contributed by atoms with Gasteiger partial charge in [0.2, 0.25) is 0 Å². The number of fused-ring (bicyclic) bond motifs is 1. The quantitative estimate of drug-likeness (QED) is 0.496. The summed E-state index contributed by atoms with van der Waals surface area (Å²) in [5, 5.41) is 0. The van der Waals surface area contributed by atoms with Crippen molar-refractivity contribution < 1.29 is 19.1 Å². The van der Waals surface area contributed by atoms with E-state index in [1.165, 1.54) is 0 Å². The van der Waals surface area contributed by atoms with Crippen molar-refractivity contribution in [2.75, 3.05) is 0 Å². The van der Waals surface area contributed by atoms with Gasteiger partial charge in [0.15, 0.2) is 5.41 Å². The number of para-hydroxylation sites is 1. The first-order valence-electron chi connectivity index (χ1n) is 7.18. The molecule has 0 radical (unpaired) electrons. The van der Waals surface area contributed by atoms with E-state index in [1.54, 1.807) is 37.3 Å². The Morgan fingerprint density at radius 1 is 1.18 bits per heavy atom. The Hall–Kier alpha value is -2.62. The average Bonchev–Trinajstić information content (AvgIpc) is 2.80. The van der Waals surface area contributed by atoms with Crippen LogP contribution in [0.25, 0.3) is 0 Å². The Balaban J connectivity index is 1.99. The molecule has 1 atom stereocenters. The second-order valence-corrected chi connectivity index (χ2v) is 5.40. The van der Waals surface area contributed by atoms with Crippen molar-refractivity contribution in [3.8, 4) is 11.5 Å². The highest BCUT2D eigenvalue weighted by Gasteiger charge is 2.53. The molecule has 0 aliphatic carbocycles. The third kappa shape index (κ3) is 2.17. The van der Waals surface area contributed by atoms with Gasteiger partial charge >= 0.3 is 11.9 Å². The molecule has 2 aromatic carbocycles. The molecule has 3 rings (SSSR count). The summed E-state index contributed by atoms with van der Waals surface area (Å²) in [6.45, 7) is 3.56. The van der Waals surface area contributed by atoms with Crippen LogP contribution in [0.3, 0.4) is 0 Å². The summed E-state index contributed by atoms with van der Waals surface area (Å²) in [5.74, 6) is -0.399. The number of aryl methyl sites for hydroxylation is 1. The van der Waals surface area contributed by atoms with Crippen LogP contribution in [0.15, 0.2) is 48.5 Å². The van der Waals surface area contributed by atoms with E-state index in [-0.39, 0.29) is 0 Å². The summed E-state index contributed by atoms with van der Waals surface area (Å²) < 4.78 is 10.6. The minimum Gasteiger partial charge on any atom is -0.425 e. The van der Waals surface area contributed by atoms with Crippen molar-refractivity contribution in [2.24, 2.45) is 0 Å². The van der Waals surface area contributed by atoms with Gasteiger partial charge in [-0.1, -0.05) is 37.3 Å². The first-order chi connectivity index (χ1) is 10.6. The molecule has 4 heteroatoms. The third-order valence-corrected chi connectivity index (χ3v) is 3.96. The Labute approximate surface area is 128 Å². The number of hydrogen-bond acceptors (Lipinski definition) is 4. The molecule has 1 aliphatic rings. The van der Waals surface area contributed by atoms with Crippen LogP contribution in [0.4, 0.5) is 0 Å². The van der Waals surface area contributed by atoms with E-state index in [9.17, 15) is 9.59 Å². The van der Waals surface area contributed by atoms with Crippen molar-refractivity contribution >= 4 is 11.9 Å². The second-order valence-electron chi connectivity index (χ2n) is 5.40. The Morgan fingerprint density at radius 3 is 2.59 bits per heavy atom. The first-order valence-corrected chi connectivity index (χ1v) is 7.18. The summed E-state index contributed by atoms with van der Waals surface area (Å²) in [7, 11) is 0. The fraction of sp³-hybridized carbons (Fsp3) is 0.222. The van der Waals surface area contributed by atoms with Crippen LogP contribution < -0.4 is 9.47 Å². The third-order valence-electron chi connectivity index (χ3n) is 3.96. The zero-order valence-corrected chi connectivity index (χ0v) is 12.5. The van der Waals surface area contributed by atoms with E-state index in [0.29, 0.717) is 17.1 Å². The van der Waals surface area contributed by atoms with Crippen molar-refractivity contribution in [3.05, 3.63) is 59.7 Å². The Morgan fingerprint density at radius 2 is 1.91 bits per heavy atom. The number of rotatable bonds is 3. The predicted octanol–water partition coefficient (Wildman–Crippen LogP) is 3.03. The molecular formula is C18H16O4. The van der Waals surface area contributed by atoms with Crippen LogP contribution in [-0.2, 0) is 21.4 Å². The normalized spacial score (nSPS) is 19.5. The van der Waals surface area contributed by atoms with Gasteiger partial charge in [0, 0.05) is 5.56 Å². The number of esters is 2. The molecule has 1 aliphatic heterocycles. The number of carbonyl (C=O) groups excluding carboxylic acids is 2. The van der Waals surface area contributed by atoms with Gasteiger partial charge in [-0.2, -0.15) is 0 Å². The summed E-state index contributed by atoms with van der Waals surface area (Å²) >= 11 is 0. The maximum absolute atomic E-state index is 12.6. The van der Waals surface area contributed by atoms with E-state index < -0.39 is 17.4 Å². The molecular weight excluding hydrogens is 280 g/mol. The van der Waals surface area contributed by atoms with Gasteiger partial charge in [-0.05, 0) is 37.1 Å². The molecule has 0 fully saturated rings. The monoisotopic (exact) mass is 296 g/mol. The number of hydrogen-bond donors (Lipinski definition) is 0. The average molecular weight is 296 g/mol. The molecule has 4 nitrogen and oxygen atoms in total. The largest absolute Gasteiger partial charge is 0.425 e. The number of benzene rings is 2. The van der Waals surface area contributed by atoms with Crippen LogP contribution in [0.2, 0.25) is 0 Å². The molecule has 0 spiro atoms. The van der Waals surface area contributed by atoms with E-state index in [1.807, 2.05) is 25.1 Å². The fourth-order valence-corrected chi connectivity index (χ4v) is 2.48. The minimum absolute atomic E-state index is 0.404. The molecule has 22 heavy (non-hydrogen) atoms. The molecule has 0 N–H and O–H groups in total. The summed E-state index contributed by atoms with van der Waals surface area (Å²) in [6.07, 6.45) is 0.811. The predicted molar refractivity (Wildman–Crippen MR) is 80.9 cm³/mol. The molecule has 0 bridgehead atoms. The molecule has 0 saturated heterocycles. The molecule has 1 heterocycles. The van der Waals surface area contributed by atoms with Crippen LogP contribution in [0, 0.1) is 0 Å². The molecule has 1 unspecified atom stereocenters. The van der Waals surface area contributed by atoms with Crippen LogP contribution >= 0.6 is 0 Å². The van der Waals surface area contributed by atoms with Crippen molar-refractivity contribution in [1.82, 2.24) is 0 Å². The first kappa shape index (κ1) is 14.3.